The van der Waals surface area contributed by atoms with Crippen LogP contribution in [0.2, 0.25) is 0 Å². The van der Waals surface area contributed by atoms with Crippen molar-refractivity contribution in [3.63, 3.8) is 0 Å². The molecule has 4 rings (SSSR count). The summed E-state index contributed by atoms with van der Waals surface area (Å²) < 4.78 is 5.54. The highest BCUT2D eigenvalue weighted by Gasteiger charge is 2.27. The number of amides is 1. The molecule has 3 heterocycles. The molecule has 1 unspecified atom stereocenters. The van der Waals surface area contributed by atoms with Crippen LogP contribution in [-0.4, -0.2) is 66.0 Å². The van der Waals surface area contributed by atoms with Gasteiger partial charge in [0, 0.05) is 50.0 Å². The van der Waals surface area contributed by atoms with Crippen LogP contribution in [0.15, 0.2) is 18.2 Å². The van der Waals surface area contributed by atoms with Crippen LogP contribution < -0.4 is 4.74 Å². The van der Waals surface area contributed by atoms with Gasteiger partial charge in [-0.1, -0.05) is 0 Å². The van der Waals surface area contributed by atoms with Gasteiger partial charge in [-0.05, 0) is 42.4 Å². The van der Waals surface area contributed by atoms with Crippen LogP contribution in [-0.2, 0) is 6.42 Å². The molecule has 5 heteroatoms. The van der Waals surface area contributed by atoms with Crippen molar-refractivity contribution in [3.05, 3.63) is 29.3 Å². The third kappa shape index (κ3) is 3.22. The Labute approximate surface area is 142 Å². The highest BCUT2D eigenvalue weighted by molar-refractivity contribution is 7.99. The molecule has 1 aromatic rings. The highest BCUT2D eigenvalue weighted by atomic mass is 32.2. The predicted molar refractivity (Wildman–Crippen MR) is 93.5 cm³/mol. The zero-order valence-electron chi connectivity index (χ0n) is 13.5. The van der Waals surface area contributed by atoms with Crippen molar-refractivity contribution in [2.75, 3.05) is 44.3 Å². The van der Waals surface area contributed by atoms with Gasteiger partial charge < -0.3 is 9.64 Å². The van der Waals surface area contributed by atoms with Crippen molar-refractivity contribution in [1.82, 2.24) is 9.80 Å². The van der Waals surface area contributed by atoms with E-state index in [-0.39, 0.29) is 5.91 Å². The molecule has 0 radical (unpaired) electrons. The Balaban J connectivity index is 1.42. The molecule has 0 aromatic heterocycles. The van der Waals surface area contributed by atoms with Gasteiger partial charge in [-0.15, -0.1) is 0 Å². The number of carbonyl (C=O) groups excluding carboxylic acids is 1. The smallest absolute Gasteiger partial charge is 0.253 e. The number of fused-ring (bicyclic) bond motifs is 1. The van der Waals surface area contributed by atoms with Crippen LogP contribution in [0, 0.1) is 0 Å². The highest BCUT2D eigenvalue weighted by Crippen LogP contribution is 2.27. The first-order valence-electron chi connectivity index (χ1n) is 8.68. The number of hydrogen-bond donors (Lipinski definition) is 0. The molecule has 2 saturated heterocycles. The Bertz CT molecular complexity index is 586. The van der Waals surface area contributed by atoms with Gasteiger partial charge in [-0.2, -0.15) is 11.8 Å². The minimum absolute atomic E-state index is 0.183. The maximum Gasteiger partial charge on any atom is 0.253 e. The molecule has 0 saturated carbocycles. The average Bonchev–Trinajstić information content (AvgIpc) is 3.21. The number of nitrogens with zero attached hydrogens (tertiary/aromatic N) is 2. The van der Waals surface area contributed by atoms with Crippen LogP contribution in [0.5, 0.6) is 5.75 Å². The first-order chi connectivity index (χ1) is 11.3. The fourth-order valence-corrected chi connectivity index (χ4v) is 5.07. The lowest BCUT2D eigenvalue weighted by atomic mass is 10.1. The Morgan fingerprint density at radius 2 is 2.17 bits per heavy atom. The van der Waals surface area contributed by atoms with Crippen LogP contribution in [0.4, 0.5) is 0 Å². The molecule has 1 aromatic carbocycles. The molecule has 124 valence electrons. The molecule has 0 N–H and O–H groups in total. The van der Waals surface area contributed by atoms with E-state index in [1.54, 1.807) is 0 Å². The molecular weight excluding hydrogens is 308 g/mol. The SMILES string of the molecule is O=C(c1ccc2c(c1)CCO2)N1CCCN(C2CCSC2)CC1. The van der Waals surface area contributed by atoms with Crippen molar-refractivity contribution in [1.29, 1.82) is 0 Å². The fraction of sp³-hybridized carbons (Fsp3) is 0.611. The maximum absolute atomic E-state index is 12.8. The van der Waals surface area contributed by atoms with E-state index in [4.69, 9.17) is 4.74 Å². The van der Waals surface area contributed by atoms with E-state index in [0.717, 1.165) is 63.0 Å². The Hall–Kier alpha value is -1.20. The van der Waals surface area contributed by atoms with E-state index < -0.39 is 0 Å². The van der Waals surface area contributed by atoms with Gasteiger partial charge in [0.2, 0.25) is 0 Å². The van der Waals surface area contributed by atoms with E-state index in [1.165, 1.54) is 23.5 Å². The van der Waals surface area contributed by atoms with E-state index in [2.05, 4.69) is 16.7 Å². The topological polar surface area (TPSA) is 32.8 Å². The molecule has 3 aliphatic rings. The molecule has 0 bridgehead atoms. The Morgan fingerprint density at radius 3 is 3.04 bits per heavy atom. The number of rotatable bonds is 2. The Kier molecular flexibility index (Phi) is 4.49. The van der Waals surface area contributed by atoms with Crippen LogP contribution in [0.1, 0.15) is 28.8 Å². The molecule has 1 atom stereocenters. The summed E-state index contributed by atoms with van der Waals surface area (Å²) in [4.78, 5) is 17.5. The summed E-state index contributed by atoms with van der Waals surface area (Å²) in [6.07, 6.45) is 3.31. The second-order valence-corrected chi connectivity index (χ2v) is 7.77. The first kappa shape index (κ1) is 15.3. The summed E-state index contributed by atoms with van der Waals surface area (Å²) in [5.41, 5.74) is 1.99. The summed E-state index contributed by atoms with van der Waals surface area (Å²) in [5.74, 6) is 3.68. The minimum atomic E-state index is 0.183. The quantitative estimate of drug-likeness (QED) is 0.832. The number of carbonyl (C=O) groups is 1. The van der Waals surface area contributed by atoms with Crippen molar-refractivity contribution >= 4 is 17.7 Å². The van der Waals surface area contributed by atoms with Gasteiger partial charge in [-0.3, -0.25) is 9.69 Å². The van der Waals surface area contributed by atoms with Gasteiger partial charge in [0.1, 0.15) is 5.75 Å². The zero-order chi connectivity index (χ0) is 15.6. The summed E-state index contributed by atoms with van der Waals surface area (Å²) in [6.45, 7) is 4.62. The summed E-state index contributed by atoms with van der Waals surface area (Å²) in [6, 6.07) is 6.63. The molecule has 23 heavy (non-hydrogen) atoms. The molecular formula is C18H24N2O2S. The average molecular weight is 332 g/mol. The molecule has 3 aliphatic heterocycles. The van der Waals surface area contributed by atoms with Gasteiger partial charge in [0.25, 0.3) is 5.91 Å². The van der Waals surface area contributed by atoms with Gasteiger partial charge in [0.15, 0.2) is 0 Å². The maximum atomic E-state index is 12.8. The van der Waals surface area contributed by atoms with Crippen LogP contribution in [0.25, 0.3) is 0 Å². The van der Waals surface area contributed by atoms with E-state index in [9.17, 15) is 4.79 Å². The lowest BCUT2D eigenvalue weighted by Gasteiger charge is -2.26. The molecule has 1 amide bonds. The number of thioether (sulfide) groups is 1. The van der Waals surface area contributed by atoms with Gasteiger partial charge >= 0.3 is 0 Å². The van der Waals surface area contributed by atoms with Crippen LogP contribution >= 0.6 is 11.8 Å². The van der Waals surface area contributed by atoms with Crippen molar-refractivity contribution in [2.45, 2.75) is 25.3 Å². The number of ether oxygens (including phenoxy) is 1. The summed E-state index contributed by atoms with van der Waals surface area (Å²) in [7, 11) is 0. The van der Waals surface area contributed by atoms with Crippen LogP contribution in [0.3, 0.4) is 0 Å². The van der Waals surface area contributed by atoms with E-state index >= 15 is 0 Å². The Morgan fingerprint density at radius 1 is 1.22 bits per heavy atom. The third-order valence-corrected chi connectivity index (χ3v) is 6.32. The number of hydrogen-bond acceptors (Lipinski definition) is 4. The van der Waals surface area contributed by atoms with E-state index in [1.807, 2.05) is 23.1 Å². The van der Waals surface area contributed by atoms with E-state index in [0.29, 0.717) is 0 Å². The zero-order valence-corrected chi connectivity index (χ0v) is 14.3. The summed E-state index contributed by atoms with van der Waals surface area (Å²) >= 11 is 2.06. The normalized spacial score (nSPS) is 25.0. The molecule has 4 nitrogen and oxygen atoms in total. The lowest BCUT2D eigenvalue weighted by Crippen LogP contribution is -2.39. The standard InChI is InChI=1S/C18H24N2O2S/c21-18(15-2-3-17-14(12-15)4-10-22-17)20-7-1-6-19(8-9-20)16-5-11-23-13-16/h2-3,12,16H,1,4-11,13H2. The first-order valence-corrected chi connectivity index (χ1v) is 9.83. The second-order valence-electron chi connectivity index (χ2n) is 6.62. The molecule has 0 spiro atoms. The van der Waals surface area contributed by atoms with Crippen molar-refractivity contribution in [3.8, 4) is 5.75 Å². The predicted octanol–water partition coefficient (Wildman–Crippen LogP) is 2.27. The largest absolute Gasteiger partial charge is 0.493 e. The molecule has 0 aliphatic carbocycles. The fourth-order valence-electron chi connectivity index (χ4n) is 3.82. The number of benzene rings is 1. The third-order valence-electron chi connectivity index (χ3n) is 5.18. The monoisotopic (exact) mass is 332 g/mol. The van der Waals surface area contributed by atoms with Crippen molar-refractivity contribution in [2.24, 2.45) is 0 Å². The second kappa shape index (κ2) is 6.73. The van der Waals surface area contributed by atoms with Gasteiger partial charge in [0.05, 0.1) is 6.61 Å². The minimum Gasteiger partial charge on any atom is -0.493 e. The molecule has 2 fully saturated rings. The lowest BCUT2D eigenvalue weighted by molar-refractivity contribution is 0.0759. The van der Waals surface area contributed by atoms with Gasteiger partial charge in [-0.25, -0.2) is 0 Å². The summed E-state index contributed by atoms with van der Waals surface area (Å²) in [5, 5.41) is 0. The van der Waals surface area contributed by atoms with Crippen molar-refractivity contribution < 1.29 is 9.53 Å².